The maximum Gasteiger partial charge on any atom is 0.435 e. The summed E-state index contributed by atoms with van der Waals surface area (Å²) in [6.07, 6.45) is -35.2. The van der Waals surface area contributed by atoms with E-state index >= 15 is 0 Å². The SMILES string of the molecule is FC(CC(F)(F)F)OC(C(F)(F)F)(C(F)(F)F)C(F)(F)F. The van der Waals surface area contributed by atoms with Gasteiger partial charge in [-0.3, -0.25) is 0 Å². The summed E-state index contributed by atoms with van der Waals surface area (Å²) in [5.41, 5.74) is -7.07. The van der Waals surface area contributed by atoms with E-state index in [1.165, 1.54) is 0 Å². The Hall–Kier alpha value is -0.950. The predicted octanol–water partition coefficient (Wildman–Crippen LogP) is 4.68. The van der Waals surface area contributed by atoms with Gasteiger partial charge in [-0.2, -0.15) is 52.7 Å². The monoisotopic (exact) mass is 350 g/mol. The fourth-order valence-electron chi connectivity index (χ4n) is 1.10. The Morgan fingerprint density at radius 2 is 0.905 bits per heavy atom. The molecule has 0 spiro atoms. The highest BCUT2D eigenvalue weighted by molar-refractivity contribution is 5.02. The van der Waals surface area contributed by atoms with Crippen LogP contribution in [0.5, 0.6) is 0 Å². The molecule has 14 heteroatoms. The molecule has 1 nitrogen and oxygen atoms in total. The van der Waals surface area contributed by atoms with E-state index in [0.29, 0.717) is 0 Å². The molecule has 0 saturated heterocycles. The zero-order valence-electron chi connectivity index (χ0n) is 9.11. The first-order chi connectivity index (χ1) is 8.85. The van der Waals surface area contributed by atoms with Gasteiger partial charge in [0.2, 0.25) is 6.36 Å². The van der Waals surface area contributed by atoms with Crippen LogP contribution in [0.15, 0.2) is 0 Å². The van der Waals surface area contributed by atoms with Gasteiger partial charge in [0.15, 0.2) is 0 Å². The Kier molecular flexibility index (Phi) is 5.11. The Labute approximate surface area is 106 Å². The smallest absolute Gasteiger partial charge is 0.316 e. The molecule has 0 bridgehead atoms. The van der Waals surface area contributed by atoms with Gasteiger partial charge in [0.05, 0.1) is 6.42 Å². The molecular formula is C7H3F13O. The van der Waals surface area contributed by atoms with E-state index < -0.39 is 43.1 Å². The van der Waals surface area contributed by atoms with Crippen molar-refractivity contribution in [2.75, 3.05) is 0 Å². The lowest BCUT2D eigenvalue weighted by Crippen LogP contribution is -2.68. The van der Waals surface area contributed by atoms with E-state index in [4.69, 9.17) is 0 Å². The molecule has 0 aromatic heterocycles. The Morgan fingerprint density at radius 1 is 0.619 bits per heavy atom. The Morgan fingerprint density at radius 3 is 1.10 bits per heavy atom. The third-order valence-electron chi connectivity index (χ3n) is 1.89. The first-order valence-corrected chi connectivity index (χ1v) is 4.44. The molecule has 0 aromatic carbocycles. The minimum absolute atomic E-state index is 2.15. The molecule has 1 atom stereocenters. The third-order valence-corrected chi connectivity index (χ3v) is 1.89. The van der Waals surface area contributed by atoms with Gasteiger partial charge in [0.25, 0.3) is 0 Å². The molecule has 0 aliphatic heterocycles. The van der Waals surface area contributed by atoms with Gasteiger partial charge in [-0.25, -0.2) is 4.39 Å². The van der Waals surface area contributed by atoms with Crippen LogP contribution in [0.4, 0.5) is 57.1 Å². The van der Waals surface area contributed by atoms with Crippen molar-refractivity contribution in [2.45, 2.75) is 43.1 Å². The molecule has 0 aliphatic carbocycles. The van der Waals surface area contributed by atoms with Crippen LogP contribution in [0, 0.1) is 0 Å². The zero-order valence-corrected chi connectivity index (χ0v) is 9.11. The van der Waals surface area contributed by atoms with Crippen LogP contribution in [0.2, 0.25) is 0 Å². The van der Waals surface area contributed by atoms with E-state index in [1.54, 1.807) is 0 Å². The molecule has 1 unspecified atom stereocenters. The highest BCUT2D eigenvalue weighted by atomic mass is 19.4. The fourth-order valence-corrected chi connectivity index (χ4v) is 1.10. The average Bonchev–Trinajstić information content (AvgIpc) is 2.04. The third kappa shape index (κ3) is 4.26. The normalized spacial score (nSPS) is 17.0. The van der Waals surface area contributed by atoms with Gasteiger partial charge < -0.3 is 4.74 Å². The quantitative estimate of drug-likeness (QED) is 0.672. The minimum atomic E-state index is -7.29. The Bertz CT molecular complexity index is 307. The molecule has 0 aromatic rings. The number of hydrogen-bond acceptors (Lipinski definition) is 1. The van der Waals surface area contributed by atoms with Crippen LogP contribution >= 0.6 is 0 Å². The summed E-state index contributed by atoms with van der Waals surface area (Å²) in [5.74, 6) is 0. The molecule has 0 radical (unpaired) electrons. The van der Waals surface area contributed by atoms with Crippen molar-refractivity contribution in [2.24, 2.45) is 0 Å². The summed E-state index contributed by atoms with van der Waals surface area (Å²) in [5, 5.41) is 0. The van der Waals surface area contributed by atoms with Gasteiger partial charge in [-0.05, 0) is 0 Å². The van der Waals surface area contributed by atoms with Crippen LogP contribution in [0.1, 0.15) is 6.42 Å². The summed E-state index contributed by atoms with van der Waals surface area (Å²) in [4.78, 5) is 0. The second kappa shape index (κ2) is 5.35. The lowest BCUT2D eigenvalue weighted by Gasteiger charge is -2.38. The summed E-state index contributed by atoms with van der Waals surface area (Å²) in [7, 11) is 0. The van der Waals surface area contributed by atoms with E-state index in [9.17, 15) is 57.1 Å². The first-order valence-electron chi connectivity index (χ1n) is 4.44. The molecular weight excluding hydrogens is 347 g/mol. The molecule has 21 heavy (non-hydrogen) atoms. The highest BCUT2D eigenvalue weighted by Crippen LogP contribution is 2.55. The maximum absolute atomic E-state index is 12.5. The van der Waals surface area contributed by atoms with Crippen molar-refractivity contribution in [1.82, 2.24) is 0 Å². The Balaban J connectivity index is 5.85. The highest BCUT2D eigenvalue weighted by Gasteiger charge is 2.86. The number of ether oxygens (including phenoxy) is 1. The summed E-state index contributed by atoms with van der Waals surface area (Å²) in [6.45, 7) is 0. The number of halogens is 13. The predicted molar refractivity (Wildman–Crippen MR) is 37.5 cm³/mol. The lowest BCUT2D eigenvalue weighted by atomic mass is 10.0. The van der Waals surface area contributed by atoms with Gasteiger partial charge in [0.1, 0.15) is 0 Å². The van der Waals surface area contributed by atoms with Crippen LogP contribution in [0.25, 0.3) is 0 Å². The van der Waals surface area contributed by atoms with Crippen molar-refractivity contribution < 1.29 is 61.8 Å². The first kappa shape index (κ1) is 20.1. The van der Waals surface area contributed by atoms with Crippen molar-refractivity contribution in [3.63, 3.8) is 0 Å². The molecule has 0 heterocycles. The average molecular weight is 350 g/mol. The van der Waals surface area contributed by atoms with Gasteiger partial charge in [-0.15, -0.1) is 0 Å². The summed E-state index contributed by atoms with van der Waals surface area (Å²) < 4.78 is 159. The van der Waals surface area contributed by atoms with E-state index in [-0.39, 0.29) is 0 Å². The molecule has 0 rings (SSSR count). The summed E-state index contributed by atoms with van der Waals surface area (Å²) in [6, 6.07) is 0. The molecule has 0 amide bonds. The van der Waals surface area contributed by atoms with Crippen LogP contribution < -0.4 is 0 Å². The molecule has 0 aliphatic rings. The lowest BCUT2D eigenvalue weighted by molar-refractivity contribution is -0.473. The molecule has 0 N–H and O–H groups in total. The standard InChI is InChI=1S/C7H3F13O/c8-2(1-3(9,10)11)21-4(5(12,13)14,6(15,16)17)7(18,19)20/h2H,1H2. The molecule has 0 fully saturated rings. The molecule has 0 saturated carbocycles. The fraction of sp³-hybridized carbons (Fsp3) is 1.00. The second-order valence-electron chi connectivity index (χ2n) is 3.52. The van der Waals surface area contributed by atoms with E-state index in [2.05, 4.69) is 4.74 Å². The second-order valence-corrected chi connectivity index (χ2v) is 3.52. The maximum atomic E-state index is 12.5. The number of hydrogen-bond donors (Lipinski definition) is 0. The topological polar surface area (TPSA) is 9.23 Å². The molecule has 128 valence electrons. The minimum Gasteiger partial charge on any atom is -0.316 e. The van der Waals surface area contributed by atoms with Crippen molar-refractivity contribution in [3.05, 3.63) is 0 Å². The van der Waals surface area contributed by atoms with Crippen molar-refractivity contribution in [3.8, 4) is 0 Å². The van der Waals surface area contributed by atoms with Gasteiger partial charge >= 0.3 is 30.3 Å². The van der Waals surface area contributed by atoms with Crippen LogP contribution in [-0.4, -0.2) is 36.7 Å². The van der Waals surface area contributed by atoms with Crippen molar-refractivity contribution >= 4 is 0 Å². The van der Waals surface area contributed by atoms with Gasteiger partial charge in [-0.1, -0.05) is 0 Å². The van der Waals surface area contributed by atoms with Crippen LogP contribution in [0.3, 0.4) is 0 Å². The van der Waals surface area contributed by atoms with Crippen LogP contribution in [-0.2, 0) is 4.74 Å². The number of rotatable bonds is 3. The van der Waals surface area contributed by atoms with E-state index in [1.807, 2.05) is 0 Å². The van der Waals surface area contributed by atoms with Gasteiger partial charge in [0, 0.05) is 0 Å². The summed E-state index contributed by atoms with van der Waals surface area (Å²) >= 11 is 0. The van der Waals surface area contributed by atoms with Crippen molar-refractivity contribution in [1.29, 1.82) is 0 Å². The number of alkyl halides is 13. The largest absolute Gasteiger partial charge is 0.435 e. The zero-order chi connectivity index (χ0) is 17.5. The van der Waals surface area contributed by atoms with E-state index in [0.717, 1.165) is 0 Å².